The average Bonchev–Trinajstić information content (AvgIpc) is 3.36. The van der Waals surface area contributed by atoms with Gasteiger partial charge in [-0.1, -0.05) is 0 Å². The summed E-state index contributed by atoms with van der Waals surface area (Å²) in [7, 11) is 0. The predicted octanol–water partition coefficient (Wildman–Crippen LogP) is 3.30. The number of furan rings is 2. The van der Waals surface area contributed by atoms with Crippen LogP contribution in [0.15, 0.2) is 56.9 Å². The van der Waals surface area contributed by atoms with Crippen LogP contribution < -0.4 is 10.7 Å². The van der Waals surface area contributed by atoms with Gasteiger partial charge in [0.2, 0.25) is 0 Å². The summed E-state index contributed by atoms with van der Waals surface area (Å²) in [5.41, 5.74) is 5.31. The quantitative estimate of drug-likeness (QED) is 0.677. The zero-order valence-electron chi connectivity index (χ0n) is 15.2. The number of carbonyl (C=O) groups excluding carboxylic acids is 2. The molecule has 4 rings (SSSR count). The Balaban J connectivity index is 1.58. The molecule has 0 aromatic carbocycles. The second-order valence-electron chi connectivity index (χ2n) is 6.37. The highest BCUT2D eigenvalue weighted by molar-refractivity contribution is 6.09. The summed E-state index contributed by atoms with van der Waals surface area (Å²) in [5, 5.41) is 7.05. The van der Waals surface area contributed by atoms with Crippen molar-refractivity contribution in [2.75, 3.05) is 5.32 Å². The molecule has 3 aromatic heterocycles. The molecule has 0 bridgehead atoms. The third-order valence-electron chi connectivity index (χ3n) is 4.51. The number of amides is 2. The van der Waals surface area contributed by atoms with E-state index in [0.29, 0.717) is 35.6 Å². The van der Waals surface area contributed by atoms with Crippen LogP contribution in [0, 0.1) is 6.92 Å². The maximum absolute atomic E-state index is 12.6. The fourth-order valence-corrected chi connectivity index (χ4v) is 3.20. The normalized spacial score (nSPS) is 14.5. The highest BCUT2D eigenvalue weighted by Gasteiger charge is 2.28. The topological polar surface area (TPSA) is 110 Å². The van der Waals surface area contributed by atoms with Gasteiger partial charge in [0.05, 0.1) is 12.0 Å². The SMILES string of the molecule is Cc1c(C(=O)Nc2ccncc2)oc2c1/C(=N/NC(=O)c1ccco1)CCC2. The number of hydrogen-bond donors (Lipinski definition) is 2. The molecule has 0 saturated carbocycles. The molecule has 0 spiro atoms. The summed E-state index contributed by atoms with van der Waals surface area (Å²) in [6.07, 6.45) is 6.83. The van der Waals surface area contributed by atoms with Crippen molar-refractivity contribution in [1.82, 2.24) is 10.4 Å². The Hall–Kier alpha value is -3.68. The van der Waals surface area contributed by atoms with Gasteiger partial charge in [-0.2, -0.15) is 5.10 Å². The first kappa shape index (κ1) is 17.7. The molecule has 0 radical (unpaired) electrons. The minimum absolute atomic E-state index is 0.182. The van der Waals surface area contributed by atoms with Gasteiger partial charge in [-0.05, 0) is 44.0 Å². The van der Waals surface area contributed by atoms with Crippen molar-refractivity contribution < 1.29 is 18.4 Å². The second kappa shape index (κ2) is 7.51. The fraction of sp³-hybridized carbons (Fsp3) is 0.200. The average molecular weight is 378 g/mol. The molecule has 28 heavy (non-hydrogen) atoms. The van der Waals surface area contributed by atoms with Crippen molar-refractivity contribution in [3.63, 3.8) is 0 Å². The molecule has 0 aliphatic heterocycles. The van der Waals surface area contributed by atoms with Gasteiger partial charge in [0.15, 0.2) is 11.5 Å². The van der Waals surface area contributed by atoms with E-state index in [4.69, 9.17) is 8.83 Å². The molecule has 3 aromatic rings. The molecule has 1 aliphatic carbocycles. The first-order valence-electron chi connectivity index (χ1n) is 8.88. The van der Waals surface area contributed by atoms with E-state index < -0.39 is 5.91 Å². The van der Waals surface area contributed by atoms with Gasteiger partial charge in [0.25, 0.3) is 5.91 Å². The van der Waals surface area contributed by atoms with Crippen molar-refractivity contribution in [1.29, 1.82) is 0 Å². The molecule has 0 unspecified atom stereocenters. The van der Waals surface area contributed by atoms with E-state index in [1.165, 1.54) is 6.26 Å². The van der Waals surface area contributed by atoms with Gasteiger partial charge in [-0.25, -0.2) is 5.43 Å². The lowest BCUT2D eigenvalue weighted by Gasteiger charge is -2.13. The lowest BCUT2D eigenvalue weighted by Crippen LogP contribution is -2.21. The lowest BCUT2D eigenvalue weighted by molar-refractivity contribution is 0.0926. The number of fused-ring (bicyclic) bond motifs is 1. The van der Waals surface area contributed by atoms with Crippen molar-refractivity contribution >= 4 is 23.2 Å². The largest absolute Gasteiger partial charge is 0.459 e. The highest BCUT2D eigenvalue weighted by Crippen LogP contribution is 2.30. The fourth-order valence-electron chi connectivity index (χ4n) is 3.20. The third-order valence-corrected chi connectivity index (χ3v) is 4.51. The van der Waals surface area contributed by atoms with Crippen LogP contribution in [0.4, 0.5) is 5.69 Å². The smallest absolute Gasteiger partial charge is 0.307 e. The van der Waals surface area contributed by atoms with E-state index >= 15 is 0 Å². The molecule has 2 amide bonds. The van der Waals surface area contributed by atoms with Crippen LogP contribution in [0.1, 0.15) is 50.8 Å². The molecule has 1 aliphatic rings. The monoisotopic (exact) mass is 378 g/mol. The number of anilines is 1. The van der Waals surface area contributed by atoms with E-state index in [1.54, 1.807) is 36.7 Å². The Morgan fingerprint density at radius 1 is 1.14 bits per heavy atom. The number of hydrogen-bond acceptors (Lipinski definition) is 6. The Labute approximate surface area is 160 Å². The number of aromatic nitrogens is 1. The maximum Gasteiger partial charge on any atom is 0.307 e. The minimum atomic E-state index is -0.429. The molecule has 8 nitrogen and oxygen atoms in total. The minimum Gasteiger partial charge on any atom is -0.459 e. The summed E-state index contributed by atoms with van der Waals surface area (Å²) >= 11 is 0. The lowest BCUT2D eigenvalue weighted by atomic mass is 9.93. The van der Waals surface area contributed by atoms with E-state index in [9.17, 15) is 9.59 Å². The molecule has 0 saturated heterocycles. The van der Waals surface area contributed by atoms with Gasteiger partial charge in [-0.15, -0.1) is 0 Å². The van der Waals surface area contributed by atoms with Gasteiger partial charge in [0.1, 0.15) is 5.76 Å². The van der Waals surface area contributed by atoms with Crippen molar-refractivity contribution in [3.8, 4) is 0 Å². The summed E-state index contributed by atoms with van der Waals surface area (Å²) in [6.45, 7) is 1.82. The summed E-state index contributed by atoms with van der Waals surface area (Å²) in [6, 6.07) is 6.60. The summed E-state index contributed by atoms with van der Waals surface area (Å²) in [5.74, 6) is 0.364. The number of hydrazone groups is 1. The molecule has 0 atom stereocenters. The van der Waals surface area contributed by atoms with Crippen LogP contribution in [-0.2, 0) is 6.42 Å². The standard InChI is InChI=1S/C20H18N4O4/c1-12-17-14(23-24-19(25)16-6-3-11-27-16)4-2-5-15(17)28-18(12)20(26)22-13-7-9-21-10-8-13/h3,6-11H,2,4-5H2,1H3,(H,24,25)(H,21,22,26)/b23-14+. The zero-order valence-corrected chi connectivity index (χ0v) is 15.2. The van der Waals surface area contributed by atoms with E-state index in [-0.39, 0.29) is 17.4 Å². The first-order valence-corrected chi connectivity index (χ1v) is 8.88. The van der Waals surface area contributed by atoms with Gasteiger partial charge < -0.3 is 14.2 Å². The molecule has 142 valence electrons. The Kier molecular flexibility index (Phi) is 4.76. The van der Waals surface area contributed by atoms with Crippen LogP contribution in [0.25, 0.3) is 0 Å². The summed E-state index contributed by atoms with van der Waals surface area (Å²) < 4.78 is 10.9. The molecule has 3 heterocycles. The number of aryl methyl sites for hydroxylation is 1. The number of nitrogens with one attached hydrogen (secondary N) is 2. The van der Waals surface area contributed by atoms with E-state index in [0.717, 1.165) is 12.0 Å². The highest BCUT2D eigenvalue weighted by atomic mass is 16.4. The van der Waals surface area contributed by atoms with Crippen LogP contribution in [0.2, 0.25) is 0 Å². The molecule has 2 N–H and O–H groups in total. The first-order chi connectivity index (χ1) is 13.6. The van der Waals surface area contributed by atoms with Gasteiger partial charge >= 0.3 is 5.91 Å². The zero-order chi connectivity index (χ0) is 19.5. The van der Waals surface area contributed by atoms with Gasteiger partial charge in [0, 0.05) is 35.6 Å². The second-order valence-corrected chi connectivity index (χ2v) is 6.37. The van der Waals surface area contributed by atoms with Gasteiger partial charge in [-0.3, -0.25) is 14.6 Å². The Morgan fingerprint density at radius 2 is 1.96 bits per heavy atom. The van der Waals surface area contributed by atoms with E-state index in [1.807, 2.05) is 6.92 Å². The van der Waals surface area contributed by atoms with Crippen LogP contribution in [0.5, 0.6) is 0 Å². The third kappa shape index (κ3) is 3.44. The number of pyridine rings is 1. The number of nitrogens with zero attached hydrogens (tertiary/aromatic N) is 2. The predicted molar refractivity (Wildman–Crippen MR) is 101 cm³/mol. The van der Waals surface area contributed by atoms with Crippen molar-refractivity contribution in [3.05, 3.63) is 71.3 Å². The molecular formula is C20H18N4O4. The molecule has 8 heteroatoms. The van der Waals surface area contributed by atoms with E-state index in [2.05, 4.69) is 20.8 Å². The number of rotatable bonds is 4. The van der Waals surface area contributed by atoms with Crippen molar-refractivity contribution in [2.45, 2.75) is 26.2 Å². The van der Waals surface area contributed by atoms with Crippen LogP contribution >= 0.6 is 0 Å². The molecule has 0 fully saturated rings. The van der Waals surface area contributed by atoms with Crippen molar-refractivity contribution in [2.24, 2.45) is 5.10 Å². The van der Waals surface area contributed by atoms with Crippen LogP contribution in [-0.4, -0.2) is 22.5 Å². The maximum atomic E-state index is 12.6. The van der Waals surface area contributed by atoms with Crippen LogP contribution in [0.3, 0.4) is 0 Å². The number of carbonyl (C=O) groups is 2. The Bertz CT molecular complexity index is 1040. The Morgan fingerprint density at radius 3 is 2.71 bits per heavy atom. The molecular weight excluding hydrogens is 360 g/mol. The summed E-state index contributed by atoms with van der Waals surface area (Å²) in [4.78, 5) is 28.6.